The number of carbonyl (C=O) groups excluding carboxylic acids is 1. The molecule has 4 unspecified atom stereocenters. The van der Waals surface area contributed by atoms with Gasteiger partial charge in [0.15, 0.2) is 0 Å². The van der Waals surface area contributed by atoms with Gasteiger partial charge in [-0.05, 0) is 51.2 Å². The van der Waals surface area contributed by atoms with Crippen LogP contribution in [-0.2, 0) is 10.0 Å². The molecular formula is C16H27N3O3S2. The summed E-state index contributed by atoms with van der Waals surface area (Å²) in [7, 11) is -1.44. The van der Waals surface area contributed by atoms with Crippen LogP contribution in [0.5, 0.6) is 0 Å². The lowest BCUT2D eigenvalue weighted by Crippen LogP contribution is -2.51. The Morgan fingerprint density at radius 3 is 2.58 bits per heavy atom. The topological polar surface area (TPSA) is 69.7 Å². The fourth-order valence-corrected chi connectivity index (χ4v) is 7.64. The second-order valence-electron chi connectivity index (χ2n) is 8.10. The largest absolute Gasteiger partial charge is 0.323 e. The molecule has 2 saturated carbocycles. The number of thioether (sulfide) groups is 1. The molecule has 0 radical (unpaired) electrons. The van der Waals surface area contributed by atoms with E-state index in [9.17, 15) is 13.2 Å². The van der Waals surface area contributed by atoms with E-state index in [1.54, 1.807) is 0 Å². The number of amides is 2. The molecule has 6 nitrogen and oxygen atoms in total. The first-order chi connectivity index (χ1) is 11.3. The minimum atomic E-state index is -3.31. The molecule has 2 amide bonds. The molecule has 0 spiro atoms. The summed E-state index contributed by atoms with van der Waals surface area (Å²) in [6.07, 6.45) is 4.90. The predicted octanol–water partition coefficient (Wildman–Crippen LogP) is 1.62. The van der Waals surface area contributed by atoms with Gasteiger partial charge in [-0.25, -0.2) is 17.9 Å². The van der Waals surface area contributed by atoms with Gasteiger partial charge in [-0.3, -0.25) is 0 Å². The second kappa shape index (κ2) is 5.77. The summed E-state index contributed by atoms with van der Waals surface area (Å²) in [5, 5.41) is -0.368. The number of nitrogens with zero attached hydrogens (tertiary/aromatic N) is 2. The zero-order valence-electron chi connectivity index (χ0n) is 14.4. The Labute approximate surface area is 148 Å². The van der Waals surface area contributed by atoms with Gasteiger partial charge in [0.2, 0.25) is 10.0 Å². The number of carbonyl (C=O) groups is 1. The zero-order chi connectivity index (χ0) is 17.1. The quantitative estimate of drug-likeness (QED) is 0.813. The lowest BCUT2D eigenvalue weighted by Gasteiger charge is -2.37. The molecule has 24 heavy (non-hydrogen) atoms. The molecule has 4 fully saturated rings. The molecule has 2 aliphatic heterocycles. The van der Waals surface area contributed by atoms with Gasteiger partial charge in [0.25, 0.3) is 0 Å². The Hall–Kier alpha value is -0.470. The Kier molecular flexibility index (Phi) is 4.08. The van der Waals surface area contributed by atoms with Gasteiger partial charge in [-0.15, -0.1) is 0 Å². The van der Waals surface area contributed by atoms with E-state index in [2.05, 4.69) is 4.72 Å². The monoisotopic (exact) mass is 373 g/mol. The average Bonchev–Trinajstić information content (AvgIpc) is 2.96. The van der Waals surface area contributed by atoms with Crippen LogP contribution in [-0.4, -0.2) is 71.7 Å². The fourth-order valence-electron chi connectivity index (χ4n) is 4.48. The van der Waals surface area contributed by atoms with Crippen molar-refractivity contribution in [2.75, 3.05) is 18.6 Å². The minimum absolute atomic E-state index is 0.0496. The molecule has 136 valence electrons. The number of hydrogen-bond donors (Lipinski definition) is 1. The van der Waals surface area contributed by atoms with Gasteiger partial charge >= 0.3 is 6.03 Å². The van der Waals surface area contributed by atoms with E-state index in [1.807, 2.05) is 35.5 Å². The summed E-state index contributed by atoms with van der Waals surface area (Å²) < 4.78 is 28.5. The maximum absolute atomic E-state index is 12.8. The van der Waals surface area contributed by atoms with E-state index in [0.29, 0.717) is 12.8 Å². The van der Waals surface area contributed by atoms with E-state index in [-0.39, 0.29) is 34.9 Å². The summed E-state index contributed by atoms with van der Waals surface area (Å²) >= 11 is 1.89. The molecule has 2 heterocycles. The van der Waals surface area contributed by atoms with Crippen LogP contribution in [0, 0.1) is 0 Å². The van der Waals surface area contributed by atoms with Crippen LogP contribution >= 0.6 is 11.8 Å². The highest BCUT2D eigenvalue weighted by Gasteiger charge is 2.52. The first-order valence-corrected chi connectivity index (χ1v) is 11.7. The van der Waals surface area contributed by atoms with Crippen LogP contribution in [0.3, 0.4) is 0 Å². The molecule has 0 aromatic rings. The van der Waals surface area contributed by atoms with E-state index >= 15 is 0 Å². The van der Waals surface area contributed by atoms with Crippen LogP contribution in [0.25, 0.3) is 0 Å². The first-order valence-electron chi connectivity index (χ1n) is 8.96. The molecule has 2 saturated heterocycles. The summed E-state index contributed by atoms with van der Waals surface area (Å²) in [5.41, 5.74) is -0.222. The van der Waals surface area contributed by atoms with E-state index in [0.717, 1.165) is 37.2 Å². The number of likely N-dealkylation sites (N-methyl/N-ethyl adjacent to an activating group) is 1. The number of sulfonamides is 1. The van der Waals surface area contributed by atoms with Crippen molar-refractivity contribution in [2.45, 2.75) is 74.4 Å². The third-order valence-electron chi connectivity index (χ3n) is 6.24. The van der Waals surface area contributed by atoms with Gasteiger partial charge in [-0.1, -0.05) is 0 Å². The fraction of sp³-hybridized carbons (Fsp3) is 0.938. The number of hydrogen-bond acceptors (Lipinski definition) is 4. The molecular weight excluding hydrogens is 346 g/mol. The van der Waals surface area contributed by atoms with E-state index in [4.69, 9.17) is 0 Å². The van der Waals surface area contributed by atoms with Gasteiger partial charge in [-0.2, -0.15) is 11.8 Å². The number of urea groups is 1. The lowest BCUT2D eigenvalue weighted by molar-refractivity contribution is 0.165. The Morgan fingerprint density at radius 2 is 1.96 bits per heavy atom. The van der Waals surface area contributed by atoms with Crippen LogP contribution in [0.2, 0.25) is 0 Å². The molecule has 2 aliphatic carbocycles. The third kappa shape index (κ3) is 2.84. The van der Waals surface area contributed by atoms with Crippen molar-refractivity contribution in [3.8, 4) is 0 Å². The predicted molar refractivity (Wildman–Crippen MR) is 95.6 cm³/mol. The number of fused-ring (bicyclic) bond motifs is 1. The average molecular weight is 374 g/mol. The highest BCUT2D eigenvalue weighted by Crippen LogP contribution is 2.41. The maximum atomic E-state index is 12.8. The molecule has 4 atom stereocenters. The standard InChI is InChI=1S/C16H27N3O3S2/c1-16(6-7-16)17-24(21,22)12-3-4-13-14(9-12)19(15(20)18(13)2)11-5-8-23-10-11/h11-14,17H,3-10H2,1-2H3. The van der Waals surface area contributed by atoms with Crippen LogP contribution in [0.15, 0.2) is 0 Å². The smallest absolute Gasteiger partial charge is 0.320 e. The van der Waals surface area contributed by atoms with E-state index < -0.39 is 10.0 Å². The minimum Gasteiger partial charge on any atom is -0.323 e. The summed E-state index contributed by atoms with van der Waals surface area (Å²) in [6, 6.07) is 0.590. The Bertz CT molecular complexity index is 628. The lowest BCUT2D eigenvalue weighted by atomic mass is 9.89. The molecule has 0 aromatic heterocycles. The molecule has 0 bridgehead atoms. The Balaban J connectivity index is 1.53. The van der Waals surface area contributed by atoms with E-state index in [1.165, 1.54) is 0 Å². The highest BCUT2D eigenvalue weighted by molar-refractivity contribution is 7.99. The Morgan fingerprint density at radius 1 is 1.21 bits per heavy atom. The second-order valence-corrected chi connectivity index (χ2v) is 11.2. The highest BCUT2D eigenvalue weighted by atomic mass is 32.2. The first kappa shape index (κ1) is 17.0. The SMILES string of the molecule is CN1C(=O)N(C2CCSC2)C2CC(S(=O)(=O)NC3(C)CC3)CCC21. The van der Waals surface area contributed by atoms with Crippen molar-refractivity contribution in [1.29, 1.82) is 0 Å². The van der Waals surface area contributed by atoms with Crippen molar-refractivity contribution >= 4 is 27.8 Å². The van der Waals surface area contributed by atoms with Gasteiger partial charge in [0, 0.05) is 24.4 Å². The van der Waals surface area contributed by atoms with Crippen molar-refractivity contribution in [3.63, 3.8) is 0 Å². The number of rotatable bonds is 4. The van der Waals surface area contributed by atoms with Crippen molar-refractivity contribution in [3.05, 3.63) is 0 Å². The van der Waals surface area contributed by atoms with Crippen molar-refractivity contribution in [2.24, 2.45) is 0 Å². The van der Waals surface area contributed by atoms with Crippen LogP contribution in [0.1, 0.15) is 45.4 Å². The van der Waals surface area contributed by atoms with Crippen molar-refractivity contribution < 1.29 is 13.2 Å². The molecule has 1 N–H and O–H groups in total. The van der Waals surface area contributed by atoms with Crippen LogP contribution in [0.4, 0.5) is 4.79 Å². The summed E-state index contributed by atoms with van der Waals surface area (Å²) in [6.45, 7) is 1.98. The summed E-state index contributed by atoms with van der Waals surface area (Å²) in [4.78, 5) is 16.6. The van der Waals surface area contributed by atoms with Gasteiger partial charge < -0.3 is 9.80 Å². The van der Waals surface area contributed by atoms with Crippen molar-refractivity contribution in [1.82, 2.24) is 14.5 Å². The van der Waals surface area contributed by atoms with Gasteiger partial charge in [0.05, 0.1) is 17.3 Å². The van der Waals surface area contributed by atoms with Crippen LogP contribution < -0.4 is 4.72 Å². The zero-order valence-corrected chi connectivity index (χ0v) is 16.0. The normalized spacial score (nSPS) is 38.5. The number of nitrogens with one attached hydrogen (secondary N) is 1. The third-order valence-corrected chi connectivity index (χ3v) is 9.46. The maximum Gasteiger partial charge on any atom is 0.320 e. The molecule has 0 aromatic carbocycles. The molecule has 4 rings (SSSR count). The molecule has 8 heteroatoms. The molecule has 4 aliphatic rings. The summed E-state index contributed by atoms with van der Waals surface area (Å²) in [5.74, 6) is 2.08. The van der Waals surface area contributed by atoms with Gasteiger partial charge in [0.1, 0.15) is 0 Å².